The van der Waals surface area contributed by atoms with Crippen LogP contribution in [0.3, 0.4) is 0 Å². The lowest BCUT2D eigenvalue weighted by Crippen LogP contribution is -2.56. The van der Waals surface area contributed by atoms with Crippen LogP contribution in [0.1, 0.15) is 24.5 Å². The lowest BCUT2D eigenvalue weighted by atomic mass is 9.54. The fraction of sp³-hybridized carbons (Fsp3) is 0.500. The SMILES string of the molecule is C=CCNCC[C@]12c3c4ccc(O)c3OC1[C@@H](O)C=C[C@H]2[C@H](C)C4. The zero-order valence-electron chi connectivity index (χ0n) is 14.0. The van der Waals surface area contributed by atoms with E-state index >= 15 is 0 Å². The second kappa shape index (κ2) is 5.64. The summed E-state index contributed by atoms with van der Waals surface area (Å²) < 4.78 is 6.15. The van der Waals surface area contributed by atoms with Gasteiger partial charge in [0.15, 0.2) is 11.5 Å². The Labute approximate surface area is 142 Å². The van der Waals surface area contributed by atoms with E-state index in [0.717, 1.165) is 31.5 Å². The number of phenolic OH excluding ortho intramolecular Hbond substituents is 1. The molecule has 0 fully saturated rings. The molecule has 4 heteroatoms. The Kier molecular flexibility index (Phi) is 3.70. The van der Waals surface area contributed by atoms with E-state index in [1.165, 1.54) is 5.56 Å². The van der Waals surface area contributed by atoms with Crippen molar-refractivity contribution < 1.29 is 14.9 Å². The van der Waals surface area contributed by atoms with Crippen molar-refractivity contribution in [2.24, 2.45) is 11.8 Å². The van der Waals surface area contributed by atoms with E-state index in [2.05, 4.69) is 24.9 Å². The van der Waals surface area contributed by atoms with Crippen molar-refractivity contribution in [3.05, 3.63) is 48.1 Å². The van der Waals surface area contributed by atoms with E-state index in [4.69, 9.17) is 4.74 Å². The van der Waals surface area contributed by atoms with Crippen LogP contribution in [0.2, 0.25) is 0 Å². The molecule has 4 nitrogen and oxygen atoms in total. The average molecular weight is 327 g/mol. The third-order valence-corrected chi connectivity index (χ3v) is 6.02. The number of aliphatic hydroxyl groups is 1. The number of rotatable bonds is 5. The Morgan fingerprint density at radius 1 is 1.42 bits per heavy atom. The normalized spacial score (nSPS) is 35.4. The number of hydrogen-bond acceptors (Lipinski definition) is 4. The molecule has 0 saturated heterocycles. The van der Waals surface area contributed by atoms with Crippen molar-refractivity contribution in [1.29, 1.82) is 0 Å². The van der Waals surface area contributed by atoms with Crippen molar-refractivity contribution >= 4 is 0 Å². The highest BCUT2D eigenvalue weighted by atomic mass is 16.5. The van der Waals surface area contributed by atoms with Crippen molar-refractivity contribution in [3.63, 3.8) is 0 Å². The first-order chi connectivity index (χ1) is 11.6. The van der Waals surface area contributed by atoms with E-state index in [-0.39, 0.29) is 17.3 Å². The molecular formula is C20H25NO3. The van der Waals surface area contributed by atoms with Gasteiger partial charge in [0.05, 0.1) is 0 Å². The first kappa shape index (κ1) is 15.7. The van der Waals surface area contributed by atoms with Crippen molar-refractivity contribution in [3.8, 4) is 11.5 Å². The standard InChI is InChI=1S/C20H25NO3/c1-3-9-21-10-8-20-14-5-7-16(23)19(20)24-18-15(22)6-4-13(17(18)20)11-12(14)2/h3-7,12,14,16,19,21-23H,1,8-11H2,2H3/t12-,14+,16+,19?,20+/m1/s1. The molecule has 0 saturated carbocycles. The van der Waals surface area contributed by atoms with Crippen LogP contribution in [0.5, 0.6) is 11.5 Å². The van der Waals surface area contributed by atoms with Crippen LogP contribution in [0, 0.1) is 11.8 Å². The molecule has 1 aromatic carbocycles. The average Bonchev–Trinajstić information content (AvgIpc) is 2.92. The highest BCUT2D eigenvalue weighted by molar-refractivity contribution is 5.60. The highest BCUT2D eigenvalue weighted by Gasteiger charge is 2.61. The summed E-state index contributed by atoms with van der Waals surface area (Å²) in [6, 6.07) is 3.75. The van der Waals surface area contributed by atoms with Crippen LogP contribution in [-0.4, -0.2) is 35.5 Å². The van der Waals surface area contributed by atoms with Gasteiger partial charge >= 0.3 is 0 Å². The smallest absolute Gasteiger partial charge is 0.165 e. The molecule has 0 amide bonds. The van der Waals surface area contributed by atoms with E-state index < -0.39 is 6.10 Å². The monoisotopic (exact) mass is 327 g/mol. The van der Waals surface area contributed by atoms with E-state index in [0.29, 0.717) is 17.6 Å². The summed E-state index contributed by atoms with van der Waals surface area (Å²) in [7, 11) is 0. The minimum atomic E-state index is -0.648. The number of phenols is 1. The van der Waals surface area contributed by atoms with Gasteiger partial charge in [-0.15, -0.1) is 6.58 Å². The van der Waals surface area contributed by atoms with Gasteiger partial charge in [0.2, 0.25) is 0 Å². The number of hydrogen-bond donors (Lipinski definition) is 3. The summed E-state index contributed by atoms with van der Waals surface area (Å²) in [4.78, 5) is 0. The van der Waals surface area contributed by atoms with Crippen LogP contribution in [-0.2, 0) is 11.8 Å². The topological polar surface area (TPSA) is 61.7 Å². The van der Waals surface area contributed by atoms with Crippen molar-refractivity contribution in [2.75, 3.05) is 13.1 Å². The van der Waals surface area contributed by atoms with Crippen LogP contribution in [0.15, 0.2) is 36.9 Å². The molecule has 0 bridgehead atoms. The van der Waals surface area contributed by atoms with Gasteiger partial charge in [-0.3, -0.25) is 0 Å². The quantitative estimate of drug-likeness (QED) is 0.574. The molecule has 4 rings (SSSR count). The first-order valence-corrected chi connectivity index (χ1v) is 8.79. The highest BCUT2D eigenvalue weighted by Crippen LogP contribution is 2.61. The summed E-state index contributed by atoms with van der Waals surface area (Å²) in [6.45, 7) is 7.61. The van der Waals surface area contributed by atoms with Gasteiger partial charge in [-0.25, -0.2) is 0 Å². The Hall–Kier alpha value is -1.78. The van der Waals surface area contributed by atoms with Gasteiger partial charge in [-0.2, -0.15) is 0 Å². The van der Waals surface area contributed by atoms with Gasteiger partial charge in [-0.05, 0) is 42.9 Å². The molecular weight excluding hydrogens is 302 g/mol. The van der Waals surface area contributed by atoms with Crippen molar-refractivity contribution in [1.82, 2.24) is 5.32 Å². The second-order valence-electron chi connectivity index (χ2n) is 7.35. The van der Waals surface area contributed by atoms with Gasteiger partial charge in [-0.1, -0.05) is 31.2 Å². The lowest BCUT2D eigenvalue weighted by molar-refractivity contribution is -0.0100. The molecule has 128 valence electrons. The Bertz CT molecular complexity index is 698. The Morgan fingerprint density at radius 3 is 3.04 bits per heavy atom. The molecule has 3 N–H and O–H groups in total. The van der Waals surface area contributed by atoms with Crippen LogP contribution in [0.4, 0.5) is 0 Å². The van der Waals surface area contributed by atoms with Gasteiger partial charge in [0, 0.05) is 17.5 Å². The van der Waals surface area contributed by atoms with Gasteiger partial charge in [0.1, 0.15) is 12.2 Å². The Morgan fingerprint density at radius 2 is 2.25 bits per heavy atom. The third kappa shape index (κ3) is 1.99. The maximum Gasteiger partial charge on any atom is 0.165 e. The molecule has 0 radical (unpaired) electrons. The number of ether oxygens (including phenoxy) is 1. The molecule has 3 aliphatic rings. The number of aromatic hydroxyl groups is 1. The molecule has 0 aromatic heterocycles. The number of benzene rings is 1. The van der Waals surface area contributed by atoms with Crippen LogP contribution in [0.25, 0.3) is 0 Å². The molecule has 5 atom stereocenters. The zero-order valence-corrected chi connectivity index (χ0v) is 14.0. The number of nitrogens with one attached hydrogen (secondary N) is 1. The summed E-state index contributed by atoms with van der Waals surface area (Å²) in [5.41, 5.74) is 2.10. The third-order valence-electron chi connectivity index (χ3n) is 6.02. The molecule has 1 heterocycles. The van der Waals surface area contributed by atoms with E-state index in [1.807, 2.05) is 18.2 Å². The maximum atomic E-state index is 10.6. The molecule has 1 aromatic rings. The fourth-order valence-electron chi connectivity index (χ4n) is 5.13. The molecule has 24 heavy (non-hydrogen) atoms. The van der Waals surface area contributed by atoms with Crippen LogP contribution < -0.4 is 10.1 Å². The summed E-state index contributed by atoms with van der Waals surface area (Å²) in [5, 5.41) is 24.3. The predicted octanol–water partition coefficient (Wildman–Crippen LogP) is 2.30. The van der Waals surface area contributed by atoms with E-state index in [1.54, 1.807) is 6.07 Å². The molecule has 0 spiro atoms. The lowest BCUT2D eigenvalue weighted by Gasteiger charge is -2.49. The second-order valence-corrected chi connectivity index (χ2v) is 7.35. The zero-order chi connectivity index (χ0) is 16.9. The minimum Gasteiger partial charge on any atom is -0.504 e. The Balaban J connectivity index is 1.85. The minimum absolute atomic E-state index is 0.182. The molecule has 2 aliphatic carbocycles. The molecule has 1 aliphatic heterocycles. The number of aliphatic hydroxyl groups excluding tert-OH is 1. The number of allylic oxidation sites excluding steroid dienone is 1. The summed E-state index contributed by atoms with van der Waals surface area (Å²) in [5.74, 6) is 1.55. The predicted molar refractivity (Wildman–Crippen MR) is 93.4 cm³/mol. The first-order valence-electron chi connectivity index (χ1n) is 8.79. The largest absolute Gasteiger partial charge is 0.504 e. The summed E-state index contributed by atoms with van der Waals surface area (Å²) >= 11 is 0. The van der Waals surface area contributed by atoms with Crippen LogP contribution >= 0.6 is 0 Å². The van der Waals surface area contributed by atoms with Gasteiger partial charge in [0.25, 0.3) is 0 Å². The fourth-order valence-corrected chi connectivity index (χ4v) is 5.13. The summed E-state index contributed by atoms with van der Waals surface area (Å²) in [6.07, 6.45) is 6.76. The maximum absolute atomic E-state index is 10.6. The van der Waals surface area contributed by atoms with Crippen molar-refractivity contribution in [2.45, 2.75) is 37.4 Å². The van der Waals surface area contributed by atoms with E-state index in [9.17, 15) is 10.2 Å². The molecule has 1 unspecified atom stereocenters. The van der Waals surface area contributed by atoms with Gasteiger partial charge < -0.3 is 20.3 Å².